The van der Waals surface area contributed by atoms with Crippen molar-refractivity contribution in [3.05, 3.63) is 75.5 Å². The number of H-pyrrole nitrogens is 1. The molecule has 4 heterocycles. The maximum atomic E-state index is 13.5. The summed E-state index contributed by atoms with van der Waals surface area (Å²) in [5.41, 5.74) is 6.10. The van der Waals surface area contributed by atoms with Gasteiger partial charge in [-0.15, -0.1) is 0 Å². The molecule has 172 valence electrons. The van der Waals surface area contributed by atoms with Crippen molar-refractivity contribution in [2.24, 2.45) is 4.99 Å². The normalized spacial score (nSPS) is 21.7. The second kappa shape index (κ2) is 7.84. The van der Waals surface area contributed by atoms with Crippen LogP contribution in [-0.2, 0) is 11.2 Å². The first kappa shape index (κ1) is 21.2. The van der Waals surface area contributed by atoms with Gasteiger partial charge in [-0.05, 0) is 48.7 Å². The highest BCUT2D eigenvalue weighted by Crippen LogP contribution is 2.44. The van der Waals surface area contributed by atoms with E-state index in [-0.39, 0.29) is 24.0 Å². The number of benzene rings is 2. The van der Waals surface area contributed by atoms with Gasteiger partial charge in [-0.3, -0.25) is 19.6 Å². The quantitative estimate of drug-likeness (QED) is 0.498. The third kappa shape index (κ3) is 3.12. The Labute approximate surface area is 205 Å². The van der Waals surface area contributed by atoms with E-state index in [0.717, 1.165) is 43.3 Å². The summed E-state index contributed by atoms with van der Waals surface area (Å²) in [5, 5.41) is 4.22. The van der Waals surface area contributed by atoms with Crippen LogP contribution in [0, 0.1) is 0 Å². The van der Waals surface area contributed by atoms with Gasteiger partial charge >= 0.3 is 6.03 Å². The van der Waals surface area contributed by atoms with Crippen molar-refractivity contribution < 1.29 is 9.59 Å². The minimum atomic E-state index is -0.512. The molecule has 1 aromatic heterocycles. The first-order valence-electron chi connectivity index (χ1n) is 11.4. The number of allylic oxidation sites excluding steroid dienone is 1. The molecule has 3 amide bonds. The van der Waals surface area contributed by atoms with Crippen LogP contribution in [0.2, 0.25) is 0 Å². The van der Waals surface area contributed by atoms with Crippen LogP contribution in [-0.4, -0.2) is 51.7 Å². The molecule has 1 fully saturated rings. The van der Waals surface area contributed by atoms with Gasteiger partial charge in [0.1, 0.15) is 18.8 Å². The van der Waals surface area contributed by atoms with Gasteiger partial charge in [-0.2, -0.15) is 0 Å². The van der Waals surface area contributed by atoms with Gasteiger partial charge in [0.15, 0.2) is 0 Å². The number of urea groups is 1. The number of imide groups is 1. The van der Waals surface area contributed by atoms with Crippen LogP contribution in [0.3, 0.4) is 0 Å². The highest BCUT2D eigenvalue weighted by Gasteiger charge is 2.53. The molecule has 1 saturated heterocycles. The number of fused-ring (bicyclic) bond motifs is 4. The number of nitrogens with one attached hydrogen (secondary N) is 2. The predicted molar refractivity (Wildman–Crippen MR) is 135 cm³/mol. The van der Waals surface area contributed by atoms with Crippen LogP contribution in [0.15, 0.2) is 58.1 Å². The summed E-state index contributed by atoms with van der Waals surface area (Å²) in [6.45, 7) is 4.36. The SMILES string of the molecule is CC(C)N1C(=O)C2Cc3c([nH]c4ccc(Br)cc34)C(c3ccc(C4=CNCN=C4)cc3)N2C1=O. The lowest BCUT2D eigenvalue weighted by atomic mass is 9.88. The maximum absolute atomic E-state index is 13.5. The van der Waals surface area contributed by atoms with Crippen LogP contribution in [0.5, 0.6) is 0 Å². The van der Waals surface area contributed by atoms with E-state index in [1.54, 1.807) is 4.90 Å². The zero-order chi connectivity index (χ0) is 23.6. The molecule has 8 heteroatoms. The summed E-state index contributed by atoms with van der Waals surface area (Å²) in [6, 6.07) is 13.0. The number of amides is 3. The monoisotopic (exact) mass is 517 g/mol. The minimum Gasteiger partial charge on any atom is -0.372 e. The smallest absolute Gasteiger partial charge is 0.328 e. The molecule has 2 aromatic carbocycles. The highest BCUT2D eigenvalue weighted by atomic mass is 79.9. The average molecular weight is 518 g/mol. The topological polar surface area (TPSA) is 80.8 Å². The van der Waals surface area contributed by atoms with Crippen LogP contribution in [0.1, 0.15) is 42.3 Å². The fraction of sp³-hybridized carbons (Fsp3) is 0.269. The number of carbonyl (C=O) groups is 2. The second-order valence-corrected chi connectivity index (χ2v) is 10.1. The standard InChI is InChI=1S/C26H24BrN5O2/c1-14(2)31-25(33)22-10-20-19-9-18(27)7-8-21(19)30-23(20)24(32(22)26(31)34)16-5-3-15(4-6-16)17-11-28-13-29-12-17/h3-9,11-12,14,22,24,28,30H,10,13H2,1-2H3. The molecule has 2 atom stereocenters. The number of rotatable bonds is 3. The Hall–Kier alpha value is -3.39. The molecule has 2 unspecified atom stereocenters. The van der Waals surface area contributed by atoms with E-state index < -0.39 is 6.04 Å². The van der Waals surface area contributed by atoms with Gasteiger partial charge in [-0.25, -0.2) is 4.79 Å². The number of hydrogen-bond acceptors (Lipinski definition) is 4. The largest absolute Gasteiger partial charge is 0.372 e. The number of carbonyl (C=O) groups excluding carboxylic acids is 2. The molecular weight excluding hydrogens is 494 g/mol. The molecule has 3 aliphatic rings. The van der Waals surface area contributed by atoms with E-state index >= 15 is 0 Å². The number of aromatic amines is 1. The maximum Gasteiger partial charge on any atom is 0.328 e. The van der Waals surface area contributed by atoms with E-state index in [0.29, 0.717) is 13.1 Å². The number of hydrogen-bond donors (Lipinski definition) is 2. The third-order valence-corrected chi connectivity index (χ3v) is 7.38. The van der Waals surface area contributed by atoms with Gasteiger partial charge in [0, 0.05) is 51.5 Å². The van der Waals surface area contributed by atoms with Crippen molar-refractivity contribution in [3.63, 3.8) is 0 Å². The zero-order valence-electron chi connectivity index (χ0n) is 18.9. The van der Waals surface area contributed by atoms with E-state index in [2.05, 4.69) is 37.3 Å². The Morgan fingerprint density at radius 2 is 1.91 bits per heavy atom. The zero-order valence-corrected chi connectivity index (χ0v) is 20.5. The lowest BCUT2D eigenvalue weighted by molar-refractivity contribution is -0.129. The second-order valence-electron chi connectivity index (χ2n) is 9.22. The molecule has 0 radical (unpaired) electrons. The fourth-order valence-electron chi connectivity index (χ4n) is 5.34. The molecule has 34 heavy (non-hydrogen) atoms. The molecule has 3 aromatic rings. The number of nitrogens with zero attached hydrogens (tertiary/aromatic N) is 3. The first-order chi connectivity index (χ1) is 16.4. The van der Waals surface area contributed by atoms with E-state index in [1.807, 2.05) is 62.7 Å². The molecule has 0 aliphatic carbocycles. The molecule has 0 saturated carbocycles. The molecule has 2 N–H and O–H groups in total. The summed E-state index contributed by atoms with van der Waals surface area (Å²) in [6.07, 6.45) is 4.32. The van der Waals surface area contributed by atoms with Gasteiger partial charge in [0.2, 0.25) is 0 Å². The van der Waals surface area contributed by atoms with Crippen LogP contribution >= 0.6 is 15.9 Å². The van der Waals surface area contributed by atoms with Crippen LogP contribution in [0.4, 0.5) is 4.79 Å². The van der Waals surface area contributed by atoms with Crippen molar-refractivity contribution in [2.75, 3.05) is 6.67 Å². The lowest BCUT2D eigenvalue weighted by Crippen LogP contribution is -2.44. The molecule has 3 aliphatic heterocycles. The Morgan fingerprint density at radius 1 is 1.12 bits per heavy atom. The van der Waals surface area contributed by atoms with Crippen molar-refractivity contribution in [1.29, 1.82) is 0 Å². The molecular formula is C26H24BrN5O2. The summed E-state index contributed by atoms with van der Waals surface area (Å²) in [4.78, 5) is 38.0. The van der Waals surface area contributed by atoms with Crippen molar-refractivity contribution in [2.45, 2.75) is 38.4 Å². The fourth-order valence-corrected chi connectivity index (χ4v) is 5.70. The Bertz CT molecular complexity index is 1390. The summed E-state index contributed by atoms with van der Waals surface area (Å²) < 4.78 is 0.985. The molecule has 0 bridgehead atoms. The Balaban J connectivity index is 1.50. The Kier molecular flexibility index (Phi) is 4.88. The Morgan fingerprint density at radius 3 is 2.62 bits per heavy atom. The average Bonchev–Trinajstić information content (AvgIpc) is 3.32. The lowest BCUT2D eigenvalue weighted by Gasteiger charge is -2.36. The summed E-state index contributed by atoms with van der Waals surface area (Å²) >= 11 is 3.58. The van der Waals surface area contributed by atoms with Gasteiger partial charge in [-0.1, -0.05) is 40.2 Å². The number of aliphatic imine (C=N–C) groups is 1. The van der Waals surface area contributed by atoms with Crippen LogP contribution in [0.25, 0.3) is 16.5 Å². The van der Waals surface area contributed by atoms with E-state index in [1.165, 1.54) is 4.90 Å². The summed E-state index contributed by atoms with van der Waals surface area (Å²) in [5.74, 6) is -0.119. The van der Waals surface area contributed by atoms with Gasteiger partial charge in [0.25, 0.3) is 5.91 Å². The van der Waals surface area contributed by atoms with Crippen LogP contribution < -0.4 is 5.32 Å². The molecule has 0 spiro atoms. The van der Waals surface area contributed by atoms with Crippen molar-refractivity contribution in [1.82, 2.24) is 20.1 Å². The highest BCUT2D eigenvalue weighted by molar-refractivity contribution is 9.10. The van der Waals surface area contributed by atoms with E-state index in [4.69, 9.17) is 0 Å². The number of halogens is 1. The van der Waals surface area contributed by atoms with Crippen molar-refractivity contribution in [3.8, 4) is 0 Å². The summed E-state index contributed by atoms with van der Waals surface area (Å²) in [7, 11) is 0. The van der Waals surface area contributed by atoms with Gasteiger partial charge in [0.05, 0.1) is 0 Å². The third-order valence-electron chi connectivity index (χ3n) is 6.88. The molecule has 7 nitrogen and oxygen atoms in total. The molecule has 6 rings (SSSR count). The number of aromatic nitrogens is 1. The first-order valence-corrected chi connectivity index (χ1v) is 12.2. The minimum absolute atomic E-state index is 0.119. The van der Waals surface area contributed by atoms with E-state index in [9.17, 15) is 9.59 Å². The predicted octanol–water partition coefficient (Wildman–Crippen LogP) is 4.59. The van der Waals surface area contributed by atoms with Gasteiger partial charge < -0.3 is 10.3 Å². The van der Waals surface area contributed by atoms with Crippen molar-refractivity contribution >= 4 is 50.6 Å².